The maximum absolute atomic E-state index is 10.6. The van der Waals surface area contributed by atoms with Crippen LogP contribution in [-0.4, -0.2) is 21.0 Å². The van der Waals surface area contributed by atoms with Gasteiger partial charge in [0.15, 0.2) is 0 Å². The summed E-state index contributed by atoms with van der Waals surface area (Å²) in [5.41, 5.74) is 1.85. The molecule has 1 N–H and O–H groups in total. The summed E-state index contributed by atoms with van der Waals surface area (Å²) in [5.74, 6) is -0.995. The van der Waals surface area contributed by atoms with Crippen LogP contribution in [0.5, 0.6) is 0 Å². The Morgan fingerprint density at radius 2 is 1.35 bits per heavy atom. The molecule has 0 aliphatic carbocycles. The van der Waals surface area contributed by atoms with Crippen molar-refractivity contribution in [3.63, 3.8) is 0 Å². The van der Waals surface area contributed by atoms with Crippen LogP contribution in [0.1, 0.15) is 10.5 Å². The summed E-state index contributed by atoms with van der Waals surface area (Å²) in [6, 6.07) is 22.8. The van der Waals surface area contributed by atoms with Gasteiger partial charge in [-0.2, -0.15) is 0 Å². The lowest BCUT2D eigenvalue weighted by Gasteiger charge is -1.97. The number of hydrogen-bond donors (Lipinski definition) is 1. The highest BCUT2D eigenvalue weighted by molar-refractivity contribution is 5.89. The number of carboxylic acid groups (broad SMARTS) is 1. The molecule has 4 aromatic rings. The van der Waals surface area contributed by atoms with Gasteiger partial charge in [-0.15, -0.1) is 0 Å². The largest absolute Gasteiger partial charge is 0.477 e. The van der Waals surface area contributed by atoms with E-state index in [0.29, 0.717) is 5.52 Å². The molecule has 0 aliphatic rings. The Morgan fingerprint density at radius 3 is 2.04 bits per heavy atom. The van der Waals surface area contributed by atoms with Crippen LogP contribution in [0, 0.1) is 0 Å². The van der Waals surface area contributed by atoms with Crippen LogP contribution in [-0.2, 0) is 0 Å². The van der Waals surface area contributed by atoms with Crippen molar-refractivity contribution < 1.29 is 9.90 Å². The number of nitrogens with zero attached hydrogens (tertiary/aromatic N) is 2. The van der Waals surface area contributed by atoms with E-state index in [9.17, 15) is 4.79 Å². The van der Waals surface area contributed by atoms with E-state index in [1.165, 1.54) is 11.5 Å². The van der Waals surface area contributed by atoms with E-state index in [1.54, 1.807) is 12.1 Å². The average Bonchev–Trinajstić information content (AvgIpc) is 2.62. The lowest BCUT2D eigenvalue weighted by Crippen LogP contribution is -1.99. The number of para-hydroxylation sites is 2. The van der Waals surface area contributed by atoms with Crippen LogP contribution in [0.25, 0.3) is 21.8 Å². The van der Waals surface area contributed by atoms with E-state index < -0.39 is 5.97 Å². The highest BCUT2D eigenvalue weighted by Gasteiger charge is 2.03. The smallest absolute Gasteiger partial charge is 0.354 e. The Bertz CT molecular complexity index is 902. The number of carbonyl (C=O) groups is 1. The molecule has 0 spiro atoms. The van der Waals surface area contributed by atoms with Crippen LogP contribution in [0.2, 0.25) is 0 Å². The molecular weight excluding hydrogens is 288 g/mol. The van der Waals surface area contributed by atoms with E-state index in [0.717, 1.165) is 10.9 Å². The first-order valence-corrected chi connectivity index (χ1v) is 7.13. The number of aromatic carboxylic acids is 1. The molecule has 4 heteroatoms. The molecular formula is C19H14N2O2. The number of pyridine rings is 2. The van der Waals surface area contributed by atoms with Gasteiger partial charge in [0.2, 0.25) is 0 Å². The van der Waals surface area contributed by atoms with Crippen LogP contribution >= 0.6 is 0 Å². The number of aromatic nitrogens is 2. The van der Waals surface area contributed by atoms with Gasteiger partial charge in [0.1, 0.15) is 5.69 Å². The van der Waals surface area contributed by atoms with Crippen molar-refractivity contribution in [1.29, 1.82) is 0 Å². The van der Waals surface area contributed by atoms with Crippen molar-refractivity contribution in [3.05, 3.63) is 84.7 Å². The second-order valence-corrected chi connectivity index (χ2v) is 4.89. The first kappa shape index (κ1) is 14.7. The summed E-state index contributed by atoms with van der Waals surface area (Å²) < 4.78 is 0. The molecule has 23 heavy (non-hydrogen) atoms. The minimum absolute atomic E-state index is 0.0821. The Hall–Kier alpha value is -3.27. The topological polar surface area (TPSA) is 63.1 Å². The first-order chi connectivity index (χ1) is 11.2. The van der Waals surface area contributed by atoms with E-state index in [2.05, 4.69) is 22.1 Å². The zero-order chi connectivity index (χ0) is 16.1. The molecule has 0 aliphatic heterocycles. The fraction of sp³-hybridized carbons (Fsp3) is 0. The van der Waals surface area contributed by atoms with Crippen molar-refractivity contribution >= 4 is 27.8 Å². The Morgan fingerprint density at radius 1 is 0.739 bits per heavy atom. The predicted octanol–water partition coefficient (Wildman–Crippen LogP) is 4.17. The normalized spacial score (nSPS) is 10.1. The maximum Gasteiger partial charge on any atom is 0.354 e. The van der Waals surface area contributed by atoms with Crippen LogP contribution < -0.4 is 0 Å². The zero-order valence-corrected chi connectivity index (χ0v) is 12.3. The molecule has 2 heterocycles. The van der Waals surface area contributed by atoms with Crippen molar-refractivity contribution in [2.75, 3.05) is 0 Å². The maximum atomic E-state index is 10.6. The first-order valence-electron chi connectivity index (χ1n) is 7.13. The minimum Gasteiger partial charge on any atom is -0.477 e. The molecule has 0 unspecified atom stereocenters. The van der Waals surface area contributed by atoms with Crippen molar-refractivity contribution in [2.24, 2.45) is 0 Å². The van der Waals surface area contributed by atoms with Gasteiger partial charge in [-0.05, 0) is 24.3 Å². The van der Waals surface area contributed by atoms with E-state index in [1.807, 2.05) is 48.7 Å². The molecule has 0 saturated heterocycles. The fourth-order valence-corrected chi connectivity index (χ4v) is 2.20. The minimum atomic E-state index is -0.995. The number of carboxylic acids is 1. The third-order valence-electron chi connectivity index (χ3n) is 3.33. The van der Waals surface area contributed by atoms with Crippen LogP contribution in [0.4, 0.5) is 0 Å². The highest BCUT2D eigenvalue weighted by atomic mass is 16.4. The molecule has 2 aromatic heterocycles. The van der Waals surface area contributed by atoms with Crippen molar-refractivity contribution in [2.45, 2.75) is 0 Å². The number of hydrogen-bond acceptors (Lipinski definition) is 3. The van der Waals surface area contributed by atoms with Crippen molar-refractivity contribution in [1.82, 2.24) is 9.97 Å². The highest BCUT2D eigenvalue weighted by Crippen LogP contribution is 2.11. The molecule has 0 radical (unpaired) electrons. The van der Waals surface area contributed by atoms with Gasteiger partial charge in [-0.3, -0.25) is 4.98 Å². The third kappa shape index (κ3) is 3.49. The van der Waals surface area contributed by atoms with Gasteiger partial charge in [0.05, 0.1) is 11.0 Å². The molecule has 0 saturated carbocycles. The van der Waals surface area contributed by atoms with Crippen LogP contribution in [0.3, 0.4) is 0 Å². The Balaban J connectivity index is 0.000000140. The Labute approximate surface area is 133 Å². The van der Waals surface area contributed by atoms with Gasteiger partial charge >= 0.3 is 5.97 Å². The Kier molecular flexibility index (Phi) is 4.25. The summed E-state index contributed by atoms with van der Waals surface area (Å²) in [6.45, 7) is 0. The summed E-state index contributed by atoms with van der Waals surface area (Å²) in [4.78, 5) is 18.7. The number of benzene rings is 2. The van der Waals surface area contributed by atoms with Gasteiger partial charge in [0.25, 0.3) is 0 Å². The van der Waals surface area contributed by atoms with Gasteiger partial charge < -0.3 is 5.11 Å². The van der Waals surface area contributed by atoms with Gasteiger partial charge in [0, 0.05) is 17.0 Å². The van der Waals surface area contributed by atoms with Crippen molar-refractivity contribution in [3.8, 4) is 0 Å². The van der Waals surface area contributed by atoms with E-state index in [-0.39, 0.29) is 5.69 Å². The van der Waals surface area contributed by atoms with Gasteiger partial charge in [-0.1, -0.05) is 48.5 Å². The summed E-state index contributed by atoms with van der Waals surface area (Å²) in [7, 11) is 0. The molecule has 2 aromatic carbocycles. The third-order valence-corrected chi connectivity index (χ3v) is 3.33. The van der Waals surface area contributed by atoms with E-state index in [4.69, 9.17) is 5.11 Å². The monoisotopic (exact) mass is 302 g/mol. The molecule has 0 bridgehead atoms. The fourth-order valence-electron chi connectivity index (χ4n) is 2.20. The standard InChI is InChI=1S/C10H7NO2.C9H7N/c12-10(13)9-6-5-7-3-1-2-4-8(7)11-9;1-2-6-9-8(4-1)5-3-7-10-9/h1-6H,(H,12,13);1-7H. The molecule has 0 atom stereocenters. The second kappa shape index (κ2) is 6.66. The second-order valence-electron chi connectivity index (χ2n) is 4.89. The number of rotatable bonds is 1. The summed E-state index contributed by atoms with van der Waals surface area (Å²) in [6.07, 6.45) is 1.81. The quantitative estimate of drug-likeness (QED) is 0.573. The van der Waals surface area contributed by atoms with Gasteiger partial charge in [-0.25, -0.2) is 9.78 Å². The SMILES string of the molecule is O=C(O)c1ccc2ccccc2n1.c1ccc2ncccc2c1. The zero-order valence-electron chi connectivity index (χ0n) is 12.3. The summed E-state index contributed by atoms with van der Waals surface area (Å²) in [5, 5.41) is 10.8. The predicted molar refractivity (Wildman–Crippen MR) is 90.4 cm³/mol. The lowest BCUT2D eigenvalue weighted by molar-refractivity contribution is 0.0691. The molecule has 0 fully saturated rings. The molecule has 4 rings (SSSR count). The average molecular weight is 302 g/mol. The summed E-state index contributed by atoms with van der Waals surface area (Å²) >= 11 is 0. The molecule has 4 nitrogen and oxygen atoms in total. The number of fused-ring (bicyclic) bond motifs is 2. The lowest BCUT2D eigenvalue weighted by atomic mass is 10.2. The van der Waals surface area contributed by atoms with Crippen LogP contribution in [0.15, 0.2) is 79.0 Å². The van der Waals surface area contributed by atoms with E-state index >= 15 is 0 Å². The molecule has 112 valence electrons. The molecule has 0 amide bonds.